The summed E-state index contributed by atoms with van der Waals surface area (Å²) in [6.07, 6.45) is 0.743. The molecular weight excluding hydrogens is 164 g/mol. The van der Waals surface area contributed by atoms with Crippen molar-refractivity contribution < 1.29 is 5.11 Å². The third-order valence-electron chi connectivity index (χ3n) is 2.15. The summed E-state index contributed by atoms with van der Waals surface area (Å²) in [6.45, 7) is 8.48. The zero-order valence-corrected chi connectivity index (χ0v) is 9.38. The average Bonchev–Trinajstić information content (AvgIpc) is 2.00. The molecular formula is C10H24N2O. The van der Waals surface area contributed by atoms with Gasteiger partial charge in [-0.3, -0.25) is 0 Å². The Bertz CT molecular complexity index is 135. The SMILES string of the molecule is CC(C)CN(C)CCC(C)(O)CN. The summed E-state index contributed by atoms with van der Waals surface area (Å²) in [6, 6.07) is 0. The van der Waals surface area contributed by atoms with Crippen LogP contribution in [0.25, 0.3) is 0 Å². The van der Waals surface area contributed by atoms with Gasteiger partial charge in [0, 0.05) is 19.6 Å². The topological polar surface area (TPSA) is 49.5 Å². The fraction of sp³-hybridized carbons (Fsp3) is 1.00. The Labute approximate surface area is 81.9 Å². The highest BCUT2D eigenvalue weighted by atomic mass is 16.3. The predicted molar refractivity (Wildman–Crippen MR) is 56.6 cm³/mol. The highest BCUT2D eigenvalue weighted by Crippen LogP contribution is 2.08. The molecule has 0 rings (SSSR count). The fourth-order valence-electron chi connectivity index (χ4n) is 1.25. The highest BCUT2D eigenvalue weighted by Gasteiger charge is 2.18. The number of aliphatic hydroxyl groups is 1. The first kappa shape index (κ1) is 12.9. The molecule has 0 spiro atoms. The minimum atomic E-state index is -0.703. The van der Waals surface area contributed by atoms with Crippen LogP contribution in [0.15, 0.2) is 0 Å². The second-order valence-corrected chi connectivity index (χ2v) is 4.61. The van der Waals surface area contributed by atoms with Crippen molar-refractivity contribution in [3.63, 3.8) is 0 Å². The number of hydrogen-bond acceptors (Lipinski definition) is 3. The molecule has 3 nitrogen and oxygen atoms in total. The Morgan fingerprint density at radius 2 is 2.00 bits per heavy atom. The molecule has 13 heavy (non-hydrogen) atoms. The lowest BCUT2D eigenvalue weighted by atomic mass is 10.0. The Morgan fingerprint density at radius 3 is 2.38 bits per heavy atom. The minimum Gasteiger partial charge on any atom is -0.389 e. The van der Waals surface area contributed by atoms with E-state index in [2.05, 4.69) is 25.8 Å². The molecule has 0 bridgehead atoms. The summed E-state index contributed by atoms with van der Waals surface area (Å²) in [7, 11) is 2.08. The fourth-order valence-corrected chi connectivity index (χ4v) is 1.25. The first-order valence-corrected chi connectivity index (χ1v) is 4.98. The monoisotopic (exact) mass is 188 g/mol. The van der Waals surface area contributed by atoms with Gasteiger partial charge < -0.3 is 15.7 Å². The van der Waals surface area contributed by atoms with E-state index in [0.717, 1.165) is 19.5 Å². The number of nitrogens with two attached hydrogens (primary N) is 1. The van der Waals surface area contributed by atoms with E-state index in [0.29, 0.717) is 12.5 Å². The third kappa shape index (κ3) is 6.99. The number of rotatable bonds is 6. The lowest BCUT2D eigenvalue weighted by molar-refractivity contribution is 0.0494. The molecule has 3 heteroatoms. The second-order valence-electron chi connectivity index (χ2n) is 4.61. The van der Waals surface area contributed by atoms with Crippen molar-refractivity contribution in [1.82, 2.24) is 4.90 Å². The van der Waals surface area contributed by atoms with Crippen molar-refractivity contribution in [2.75, 3.05) is 26.7 Å². The van der Waals surface area contributed by atoms with E-state index in [1.165, 1.54) is 0 Å². The summed E-state index contributed by atoms with van der Waals surface area (Å²) < 4.78 is 0. The quantitative estimate of drug-likeness (QED) is 0.644. The van der Waals surface area contributed by atoms with Gasteiger partial charge in [-0.25, -0.2) is 0 Å². The summed E-state index contributed by atoms with van der Waals surface area (Å²) >= 11 is 0. The Kier molecular flexibility index (Phi) is 5.53. The second kappa shape index (κ2) is 5.58. The van der Waals surface area contributed by atoms with Crippen LogP contribution in [-0.4, -0.2) is 42.3 Å². The Balaban J connectivity index is 3.63. The summed E-state index contributed by atoms with van der Waals surface area (Å²) in [5, 5.41) is 9.65. The van der Waals surface area contributed by atoms with Crippen molar-refractivity contribution in [3.05, 3.63) is 0 Å². The molecule has 3 N–H and O–H groups in total. The van der Waals surface area contributed by atoms with E-state index < -0.39 is 5.60 Å². The molecule has 80 valence electrons. The molecule has 0 aromatic heterocycles. The molecule has 0 radical (unpaired) electrons. The summed E-state index contributed by atoms with van der Waals surface area (Å²) in [5.41, 5.74) is 4.72. The molecule has 0 aliphatic rings. The van der Waals surface area contributed by atoms with Crippen LogP contribution in [0.5, 0.6) is 0 Å². The molecule has 1 unspecified atom stereocenters. The molecule has 0 saturated heterocycles. The van der Waals surface area contributed by atoms with Crippen molar-refractivity contribution in [3.8, 4) is 0 Å². The van der Waals surface area contributed by atoms with Gasteiger partial charge in [0.05, 0.1) is 5.60 Å². The first-order valence-electron chi connectivity index (χ1n) is 4.98. The Morgan fingerprint density at radius 1 is 1.46 bits per heavy atom. The van der Waals surface area contributed by atoms with Crippen LogP contribution in [0.1, 0.15) is 27.2 Å². The summed E-state index contributed by atoms with van der Waals surface area (Å²) in [5.74, 6) is 0.674. The van der Waals surface area contributed by atoms with Gasteiger partial charge in [0.15, 0.2) is 0 Å². The van der Waals surface area contributed by atoms with Crippen LogP contribution in [0.4, 0.5) is 0 Å². The van der Waals surface area contributed by atoms with Gasteiger partial charge in [-0.1, -0.05) is 13.8 Å². The molecule has 0 heterocycles. The molecule has 1 atom stereocenters. The molecule has 0 fully saturated rings. The first-order chi connectivity index (χ1) is 5.87. The van der Waals surface area contributed by atoms with Crippen molar-refractivity contribution in [1.29, 1.82) is 0 Å². The number of nitrogens with zero attached hydrogens (tertiary/aromatic N) is 1. The maximum Gasteiger partial charge on any atom is 0.0753 e. The minimum absolute atomic E-state index is 0.336. The normalized spacial score (nSPS) is 16.6. The van der Waals surface area contributed by atoms with E-state index in [9.17, 15) is 5.11 Å². The van der Waals surface area contributed by atoms with Gasteiger partial charge in [-0.15, -0.1) is 0 Å². The molecule has 0 aromatic rings. The van der Waals surface area contributed by atoms with Gasteiger partial charge in [0.1, 0.15) is 0 Å². The van der Waals surface area contributed by atoms with E-state index in [-0.39, 0.29) is 0 Å². The maximum atomic E-state index is 9.65. The van der Waals surface area contributed by atoms with Crippen molar-refractivity contribution >= 4 is 0 Å². The van der Waals surface area contributed by atoms with Gasteiger partial charge in [0.25, 0.3) is 0 Å². The van der Waals surface area contributed by atoms with E-state index in [4.69, 9.17) is 5.73 Å². The predicted octanol–water partition coefficient (Wildman–Crippen LogP) is 0.674. The van der Waals surface area contributed by atoms with Gasteiger partial charge >= 0.3 is 0 Å². The molecule has 0 saturated carbocycles. The van der Waals surface area contributed by atoms with Gasteiger partial charge in [0.2, 0.25) is 0 Å². The zero-order valence-electron chi connectivity index (χ0n) is 9.38. The van der Waals surface area contributed by atoms with Crippen LogP contribution in [0, 0.1) is 5.92 Å². The van der Waals surface area contributed by atoms with Crippen LogP contribution >= 0.6 is 0 Å². The van der Waals surface area contributed by atoms with Crippen LogP contribution < -0.4 is 5.73 Å². The summed E-state index contributed by atoms with van der Waals surface area (Å²) in [4.78, 5) is 2.23. The molecule has 0 aliphatic heterocycles. The average molecular weight is 188 g/mol. The van der Waals surface area contributed by atoms with Crippen molar-refractivity contribution in [2.24, 2.45) is 11.7 Å². The third-order valence-corrected chi connectivity index (χ3v) is 2.15. The van der Waals surface area contributed by atoms with Crippen molar-refractivity contribution in [2.45, 2.75) is 32.8 Å². The van der Waals surface area contributed by atoms with E-state index in [1.54, 1.807) is 6.92 Å². The largest absolute Gasteiger partial charge is 0.389 e. The van der Waals surface area contributed by atoms with Gasteiger partial charge in [-0.2, -0.15) is 0 Å². The van der Waals surface area contributed by atoms with Gasteiger partial charge in [-0.05, 0) is 26.3 Å². The zero-order chi connectivity index (χ0) is 10.5. The maximum absolute atomic E-state index is 9.65. The van der Waals surface area contributed by atoms with E-state index >= 15 is 0 Å². The Hall–Kier alpha value is -0.120. The molecule has 0 amide bonds. The molecule has 0 aliphatic carbocycles. The lowest BCUT2D eigenvalue weighted by Crippen LogP contribution is -2.38. The van der Waals surface area contributed by atoms with Crippen LogP contribution in [0.3, 0.4) is 0 Å². The standard InChI is InChI=1S/C10H24N2O/c1-9(2)7-12(4)6-5-10(3,13)8-11/h9,13H,5-8,11H2,1-4H3. The van der Waals surface area contributed by atoms with Crippen LogP contribution in [0.2, 0.25) is 0 Å². The molecule has 0 aromatic carbocycles. The smallest absolute Gasteiger partial charge is 0.0753 e. The highest BCUT2D eigenvalue weighted by molar-refractivity contribution is 4.74. The number of hydrogen-bond donors (Lipinski definition) is 2. The lowest BCUT2D eigenvalue weighted by Gasteiger charge is -2.25. The van der Waals surface area contributed by atoms with Crippen LogP contribution in [-0.2, 0) is 0 Å². The van der Waals surface area contributed by atoms with E-state index in [1.807, 2.05) is 0 Å².